The number of halogens is 1. The standard InChI is InChI=1S/C25H26FN5OS/c1-3-18-14-30(26)16-29-15-20(28-24(18)29)13-21-11-7-8-12-31(21)25(32)22-23(33-17(2)27-22)19-9-5-4-6-10-19/h3-6,9-10,14-15,21H,1,7-8,11-13,16H2,2H3/p+1/t21-/m0/s1. The highest BCUT2D eigenvalue weighted by atomic mass is 32.1. The third-order valence-corrected chi connectivity index (χ3v) is 7.32. The van der Waals surface area contributed by atoms with E-state index in [1.165, 1.54) is 6.20 Å². The number of rotatable bonds is 5. The van der Waals surface area contributed by atoms with Crippen molar-refractivity contribution in [3.05, 3.63) is 77.4 Å². The van der Waals surface area contributed by atoms with Crippen LogP contribution >= 0.6 is 11.3 Å². The molecule has 1 aromatic heterocycles. The average Bonchev–Trinajstić information content (AvgIpc) is 3.42. The number of amides is 1. The molecule has 1 aromatic carbocycles. The molecule has 2 aromatic rings. The molecule has 1 amide bonds. The van der Waals surface area contributed by atoms with E-state index in [0.29, 0.717) is 29.4 Å². The van der Waals surface area contributed by atoms with Gasteiger partial charge in [-0.05, 0) is 31.7 Å². The first-order valence-electron chi connectivity index (χ1n) is 11.3. The van der Waals surface area contributed by atoms with Gasteiger partial charge in [0.1, 0.15) is 17.6 Å². The van der Waals surface area contributed by atoms with Crippen molar-refractivity contribution >= 4 is 23.1 Å². The number of benzene rings is 1. The Morgan fingerprint density at radius 2 is 2.15 bits per heavy atom. The van der Waals surface area contributed by atoms with Gasteiger partial charge in [-0.2, -0.15) is 10.1 Å². The second-order valence-electron chi connectivity index (χ2n) is 8.60. The molecule has 0 radical (unpaired) electrons. The van der Waals surface area contributed by atoms with Crippen molar-refractivity contribution in [3.8, 4) is 10.4 Å². The van der Waals surface area contributed by atoms with E-state index in [1.54, 1.807) is 17.4 Å². The monoisotopic (exact) mass is 464 g/mol. The number of hydrogen-bond donors (Lipinski definition) is 1. The number of carbonyl (C=O) groups is 1. The van der Waals surface area contributed by atoms with E-state index >= 15 is 0 Å². The summed E-state index contributed by atoms with van der Waals surface area (Å²) in [7, 11) is 0. The molecule has 1 unspecified atom stereocenters. The largest absolute Gasteiger partial charge is 0.334 e. The van der Waals surface area contributed by atoms with Crippen LogP contribution in [0.25, 0.3) is 10.4 Å². The van der Waals surface area contributed by atoms with E-state index in [2.05, 4.69) is 11.6 Å². The molecule has 1 N–H and O–H groups in total. The zero-order chi connectivity index (χ0) is 22.9. The minimum atomic E-state index is -0.0131. The van der Waals surface area contributed by atoms with E-state index in [9.17, 15) is 9.28 Å². The van der Waals surface area contributed by atoms with E-state index < -0.39 is 0 Å². The van der Waals surface area contributed by atoms with Crippen molar-refractivity contribution in [2.45, 2.75) is 38.6 Å². The summed E-state index contributed by atoms with van der Waals surface area (Å²) < 4.78 is 13.9. The number of aromatic nitrogens is 1. The number of nitrogens with zero attached hydrogens (tertiary/aromatic N) is 4. The van der Waals surface area contributed by atoms with Gasteiger partial charge in [-0.25, -0.2) is 9.88 Å². The minimum Gasteiger partial charge on any atom is -0.334 e. The zero-order valence-corrected chi connectivity index (χ0v) is 19.4. The topological polar surface area (TPSA) is 53.2 Å². The lowest BCUT2D eigenvalue weighted by Crippen LogP contribution is -3.11. The summed E-state index contributed by atoms with van der Waals surface area (Å²) in [6.45, 7) is 6.63. The summed E-state index contributed by atoms with van der Waals surface area (Å²) in [6, 6.07) is 10.0. The summed E-state index contributed by atoms with van der Waals surface area (Å²) in [5.41, 5.74) is 3.14. The molecule has 0 saturated carbocycles. The first-order valence-corrected chi connectivity index (χ1v) is 12.1. The lowest BCUT2D eigenvalue weighted by Gasteiger charge is -2.35. The fraction of sp³-hybridized carbons (Fsp3) is 0.320. The summed E-state index contributed by atoms with van der Waals surface area (Å²) in [5, 5.41) is 1.55. The van der Waals surface area contributed by atoms with Gasteiger partial charge in [-0.15, -0.1) is 11.3 Å². The van der Waals surface area contributed by atoms with E-state index in [0.717, 1.165) is 51.1 Å². The van der Waals surface area contributed by atoms with Gasteiger partial charge in [0.25, 0.3) is 5.91 Å². The fourth-order valence-corrected chi connectivity index (χ4v) is 5.69. The van der Waals surface area contributed by atoms with Gasteiger partial charge < -0.3 is 4.90 Å². The summed E-state index contributed by atoms with van der Waals surface area (Å²) in [5.74, 6) is 0.782. The maximum absolute atomic E-state index is 13.9. The lowest BCUT2D eigenvalue weighted by molar-refractivity contribution is -0.764. The quantitative estimate of drug-likeness (QED) is 0.684. The number of nitrogens with one attached hydrogen (secondary N) is 1. The van der Waals surface area contributed by atoms with Crippen LogP contribution in [0.2, 0.25) is 0 Å². The van der Waals surface area contributed by atoms with Crippen LogP contribution in [0.5, 0.6) is 0 Å². The van der Waals surface area contributed by atoms with Crippen LogP contribution in [-0.2, 0) is 0 Å². The van der Waals surface area contributed by atoms with Gasteiger partial charge in [0.2, 0.25) is 5.84 Å². The first kappa shape index (κ1) is 21.7. The first-order chi connectivity index (χ1) is 16.0. The molecule has 8 heteroatoms. The number of piperidine rings is 1. The Morgan fingerprint density at radius 3 is 2.94 bits per heavy atom. The molecule has 0 spiro atoms. The molecule has 0 bridgehead atoms. The summed E-state index contributed by atoms with van der Waals surface area (Å²) in [6.07, 6.45) is 8.67. The number of quaternary nitrogens is 1. The van der Waals surface area contributed by atoms with Gasteiger partial charge in [-0.1, -0.05) is 47.5 Å². The van der Waals surface area contributed by atoms with Crippen molar-refractivity contribution in [3.63, 3.8) is 0 Å². The molecule has 170 valence electrons. The molecule has 5 rings (SSSR count). The smallest absolute Gasteiger partial charge is 0.274 e. The highest BCUT2D eigenvalue weighted by molar-refractivity contribution is 7.15. The Hall–Kier alpha value is -3.10. The zero-order valence-electron chi connectivity index (χ0n) is 18.6. The number of carbonyl (C=O) groups excluding carboxylic acids is 1. The number of fused-ring (bicyclic) bond motifs is 1. The molecule has 4 heterocycles. The van der Waals surface area contributed by atoms with Crippen LogP contribution in [0.3, 0.4) is 0 Å². The normalized spacial score (nSPS) is 22.4. The second kappa shape index (κ2) is 9.03. The Bertz CT molecular complexity index is 1170. The van der Waals surface area contributed by atoms with Crippen LogP contribution in [-0.4, -0.2) is 46.0 Å². The highest BCUT2D eigenvalue weighted by Gasteiger charge is 2.36. The van der Waals surface area contributed by atoms with Gasteiger partial charge in [-0.3, -0.25) is 4.79 Å². The SMILES string of the molecule is C=CC1=CN(F)C[NH+]2C=C(C[C@@H]3CCCCN3C(=O)c3nc(C)sc3-c3ccccc3)N=C12. The van der Waals surface area contributed by atoms with Crippen LogP contribution in [0.15, 0.2) is 71.6 Å². The Kier molecular flexibility index (Phi) is 5.95. The molecule has 1 saturated heterocycles. The van der Waals surface area contributed by atoms with Crippen LogP contribution in [0.4, 0.5) is 4.48 Å². The van der Waals surface area contributed by atoms with Gasteiger partial charge in [0, 0.05) is 19.0 Å². The van der Waals surface area contributed by atoms with Crippen molar-refractivity contribution in [1.29, 1.82) is 0 Å². The second-order valence-corrected chi connectivity index (χ2v) is 9.80. The molecular formula is C25H27FN5OS+. The van der Waals surface area contributed by atoms with E-state index in [4.69, 9.17) is 4.99 Å². The molecule has 6 nitrogen and oxygen atoms in total. The Labute approximate surface area is 197 Å². The fourth-order valence-electron chi connectivity index (χ4n) is 4.78. The van der Waals surface area contributed by atoms with E-state index in [-0.39, 0.29) is 18.6 Å². The molecule has 0 aliphatic carbocycles. The Balaban J connectivity index is 1.39. The Morgan fingerprint density at radius 1 is 1.33 bits per heavy atom. The summed E-state index contributed by atoms with van der Waals surface area (Å²) in [4.78, 5) is 26.9. The molecule has 3 aliphatic heterocycles. The number of likely N-dealkylation sites (tertiary alicyclic amines) is 1. The van der Waals surface area contributed by atoms with Gasteiger partial charge in [0.15, 0.2) is 6.67 Å². The maximum Gasteiger partial charge on any atom is 0.274 e. The van der Waals surface area contributed by atoms with Crippen LogP contribution < -0.4 is 4.90 Å². The van der Waals surface area contributed by atoms with E-state index in [1.807, 2.05) is 48.4 Å². The lowest BCUT2D eigenvalue weighted by atomic mass is 9.97. The van der Waals surface area contributed by atoms with Crippen molar-refractivity contribution in [2.75, 3.05) is 13.2 Å². The highest BCUT2D eigenvalue weighted by Crippen LogP contribution is 2.33. The summed E-state index contributed by atoms with van der Waals surface area (Å²) >= 11 is 1.56. The maximum atomic E-state index is 13.9. The van der Waals surface area contributed by atoms with Crippen molar-refractivity contribution < 1.29 is 14.2 Å². The van der Waals surface area contributed by atoms with Crippen molar-refractivity contribution in [1.82, 2.24) is 15.0 Å². The third-order valence-electron chi connectivity index (χ3n) is 6.30. The number of hydrogen-bond acceptors (Lipinski definition) is 5. The predicted octanol–water partition coefficient (Wildman–Crippen LogP) is 3.87. The molecule has 33 heavy (non-hydrogen) atoms. The van der Waals surface area contributed by atoms with Crippen LogP contribution in [0.1, 0.15) is 41.2 Å². The number of aliphatic imine (C=N–C) groups is 1. The number of amidine groups is 1. The molecule has 1 fully saturated rings. The van der Waals surface area contributed by atoms with Crippen LogP contribution in [0, 0.1) is 6.92 Å². The molecule has 2 atom stereocenters. The van der Waals surface area contributed by atoms with Crippen molar-refractivity contribution in [2.24, 2.45) is 4.99 Å². The molecular weight excluding hydrogens is 437 g/mol. The van der Waals surface area contributed by atoms with Gasteiger partial charge in [0.05, 0.1) is 21.7 Å². The average molecular weight is 465 g/mol. The van der Waals surface area contributed by atoms with Gasteiger partial charge >= 0.3 is 0 Å². The minimum absolute atomic E-state index is 0.0131. The molecule has 3 aliphatic rings. The number of aryl methyl sites for hydroxylation is 1. The third kappa shape index (κ3) is 4.28. The predicted molar refractivity (Wildman–Crippen MR) is 128 cm³/mol. The number of thiazole rings is 1.